The van der Waals surface area contributed by atoms with Gasteiger partial charge in [-0.15, -0.1) is 6.42 Å². The highest BCUT2D eigenvalue weighted by Gasteiger charge is 2.36. The summed E-state index contributed by atoms with van der Waals surface area (Å²) in [4.78, 5) is 0. The van der Waals surface area contributed by atoms with Gasteiger partial charge in [0, 0.05) is 12.1 Å². The van der Waals surface area contributed by atoms with Crippen molar-refractivity contribution in [3.05, 3.63) is 0 Å². The lowest BCUT2D eigenvalue weighted by Gasteiger charge is -2.43. The molecule has 14 heavy (non-hydrogen) atoms. The third kappa shape index (κ3) is 2.73. The Hall–Kier alpha value is -0.520. The first-order valence-electron chi connectivity index (χ1n) is 5.42. The van der Waals surface area contributed by atoms with Crippen LogP contribution in [-0.2, 0) is 0 Å². The minimum atomic E-state index is 0.113. The number of nitrogens with two attached hydrogens (primary N) is 1. The molecule has 1 fully saturated rings. The van der Waals surface area contributed by atoms with Crippen LogP contribution in [0.15, 0.2) is 0 Å². The monoisotopic (exact) mass is 194 g/mol. The van der Waals surface area contributed by atoms with E-state index in [0.717, 1.165) is 12.8 Å². The van der Waals surface area contributed by atoms with Crippen molar-refractivity contribution < 1.29 is 0 Å². The Morgan fingerprint density at radius 3 is 2.29 bits per heavy atom. The van der Waals surface area contributed by atoms with Gasteiger partial charge in [-0.1, -0.05) is 19.8 Å². The first-order chi connectivity index (χ1) is 6.54. The minimum absolute atomic E-state index is 0.113. The van der Waals surface area contributed by atoms with Gasteiger partial charge in [-0.2, -0.15) is 0 Å². The quantitative estimate of drug-likeness (QED) is 0.668. The summed E-state index contributed by atoms with van der Waals surface area (Å²) in [7, 11) is 0. The van der Waals surface area contributed by atoms with E-state index in [4.69, 9.17) is 12.2 Å². The van der Waals surface area contributed by atoms with E-state index in [1.54, 1.807) is 0 Å². The molecule has 0 aromatic rings. The van der Waals surface area contributed by atoms with Gasteiger partial charge in [-0.25, -0.2) is 0 Å². The van der Waals surface area contributed by atoms with E-state index in [0.29, 0.717) is 18.5 Å². The van der Waals surface area contributed by atoms with Gasteiger partial charge in [0.1, 0.15) is 0 Å². The van der Waals surface area contributed by atoms with Crippen LogP contribution in [0, 0.1) is 17.8 Å². The lowest BCUT2D eigenvalue weighted by molar-refractivity contribution is 0.144. The summed E-state index contributed by atoms with van der Waals surface area (Å²) in [6.45, 7) is 5.99. The molecule has 0 radical (unpaired) electrons. The summed E-state index contributed by atoms with van der Waals surface area (Å²) < 4.78 is 0. The van der Waals surface area contributed by atoms with Crippen molar-refractivity contribution in [2.45, 2.75) is 45.1 Å². The van der Waals surface area contributed by atoms with Gasteiger partial charge in [-0.3, -0.25) is 5.32 Å². The van der Waals surface area contributed by atoms with Crippen molar-refractivity contribution in [2.75, 3.05) is 13.1 Å². The molecule has 0 aliphatic heterocycles. The molecule has 1 saturated carbocycles. The Labute approximate surface area is 87.6 Å². The second-order valence-corrected chi connectivity index (χ2v) is 5.21. The van der Waals surface area contributed by atoms with Crippen molar-refractivity contribution in [3.63, 3.8) is 0 Å². The average Bonchev–Trinajstić information content (AvgIpc) is 2.18. The predicted octanol–water partition coefficient (Wildman–Crippen LogP) is 1.51. The number of hydrogen-bond donors (Lipinski definition) is 2. The zero-order valence-electron chi connectivity index (χ0n) is 9.40. The number of rotatable bonds is 3. The SMILES string of the molecule is C#CCNC1(CN)CCC(C)(C)CC1. The normalized spacial score (nSPS) is 24.1. The third-order valence-electron chi connectivity index (χ3n) is 3.52. The van der Waals surface area contributed by atoms with Crippen LogP contribution in [0.5, 0.6) is 0 Å². The van der Waals surface area contributed by atoms with Crippen molar-refractivity contribution in [3.8, 4) is 12.3 Å². The molecule has 0 amide bonds. The minimum Gasteiger partial charge on any atom is -0.329 e. The second kappa shape index (κ2) is 4.33. The van der Waals surface area contributed by atoms with Crippen molar-refractivity contribution >= 4 is 0 Å². The molecule has 3 N–H and O–H groups in total. The van der Waals surface area contributed by atoms with Crippen molar-refractivity contribution in [2.24, 2.45) is 11.1 Å². The molecule has 0 atom stereocenters. The zero-order chi connectivity index (χ0) is 10.7. The predicted molar refractivity (Wildman–Crippen MR) is 60.9 cm³/mol. The number of terminal acetylenes is 1. The topological polar surface area (TPSA) is 38.0 Å². The number of nitrogens with one attached hydrogen (secondary N) is 1. The summed E-state index contributed by atoms with van der Waals surface area (Å²) in [5.74, 6) is 2.63. The van der Waals surface area contributed by atoms with Crippen LogP contribution in [-0.4, -0.2) is 18.6 Å². The molecule has 0 heterocycles. The van der Waals surface area contributed by atoms with Crippen LogP contribution < -0.4 is 11.1 Å². The summed E-state index contributed by atoms with van der Waals surface area (Å²) in [5.41, 5.74) is 6.43. The maximum absolute atomic E-state index is 5.84. The van der Waals surface area contributed by atoms with Crippen LogP contribution >= 0.6 is 0 Å². The van der Waals surface area contributed by atoms with Gasteiger partial charge in [0.05, 0.1) is 6.54 Å². The molecule has 2 heteroatoms. The van der Waals surface area contributed by atoms with E-state index in [9.17, 15) is 0 Å². The summed E-state index contributed by atoms with van der Waals surface area (Å²) in [6, 6.07) is 0. The average molecular weight is 194 g/mol. The van der Waals surface area contributed by atoms with Crippen molar-refractivity contribution in [1.82, 2.24) is 5.32 Å². The van der Waals surface area contributed by atoms with Gasteiger partial charge in [-0.05, 0) is 31.1 Å². The van der Waals surface area contributed by atoms with Crippen LogP contribution in [0.25, 0.3) is 0 Å². The summed E-state index contributed by atoms with van der Waals surface area (Å²) >= 11 is 0. The fourth-order valence-electron chi connectivity index (χ4n) is 2.10. The van der Waals surface area contributed by atoms with E-state index in [2.05, 4.69) is 25.1 Å². The second-order valence-electron chi connectivity index (χ2n) is 5.21. The number of hydrogen-bond acceptors (Lipinski definition) is 2. The summed E-state index contributed by atoms with van der Waals surface area (Å²) in [6.07, 6.45) is 10.0. The molecule has 1 rings (SSSR count). The Morgan fingerprint density at radius 1 is 1.29 bits per heavy atom. The van der Waals surface area contributed by atoms with Gasteiger partial charge in [0.25, 0.3) is 0 Å². The molecule has 1 aliphatic rings. The molecular formula is C12H22N2. The van der Waals surface area contributed by atoms with Crippen molar-refractivity contribution in [1.29, 1.82) is 0 Å². The van der Waals surface area contributed by atoms with Crippen LogP contribution in [0.2, 0.25) is 0 Å². The van der Waals surface area contributed by atoms with E-state index < -0.39 is 0 Å². The van der Waals surface area contributed by atoms with E-state index in [1.165, 1.54) is 12.8 Å². The highest BCUT2D eigenvalue weighted by atomic mass is 15.0. The van der Waals surface area contributed by atoms with Gasteiger partial charge >= 0.3 is 0 Å². The Bertz CT molecular complexity index is 215. The fourth-order valence-corrected chi connectivity index (χ4v) is 2.10. The zero-order valence-corrected chi connectivity index (χ0v) is 9.40. The molecule has 0 spiro atoms. The lowest BCUT2D eigenvalue weighted by atomic mass is 9.69. The maximum Gasteiger partial charge on any atom is 0.0578 e. The fraction of sp³-hybridized carbons (Fsp3) is 0.833. The molecule has 80 valence electrons. The first-order valence-corrected chi connectivity index (χ1v) is 5.42. The maximum atomic E-state index is 5.84. The van der Waals surface area contributed by atoms with E-state index >= 15 is 0 Å². The van der Waals surface area contributed by atoms with E-state index in [-0.39, 0.29) is 5.54 Å². The van der Waals surface area contributed by atoms with E-state index in [1.807, 2.05) is 0 Å². The molecule has 0 aromatic heterocycles. The molecule has 2 nitrogen and oxygen atoms in total. The van der Waals surface area contributed by atoms with Gasteiger partial charge in [0.2, 0.25) is 0 Å². The van der Waals surface area contributed by atoms with Gasteiger partial charge in [0.15, 0.2) is 0 Å². The Morgan fingerprint density at radius 2 is 1.86 bits per heavy atom. The molecule has 0 bridgehead atoms. The molecule has 0 aromatic carbocycles. The first kappa shape index (κ1) is 11.6. The Balaban J connectivity index is 2.53. The highest BCUT2D eigenvalue weighted by Crippen LogP contribution is 2.39. The largest absolute Gasteiger partial charge is 0.329 e. The standard InChI is InChI=1S/C12H22N2/c1-4-9-14-12(10-13)7-5-11(2,3)6-8-12/h1,14H,5-10,13H2,2-3H3. The smallest absolute Gasteiger partial charge is 0.0578 e. The van der Waals surface area contributed by atoms with Crippen LogP contribution in [0.1, 0.15) is 39.5 Å². The van der Waals surface area contributed by atoms with Crippen LogP contribution in [0.4, 0.5) is 0 Å². The third-order valence-corrected chi connectivity index (χ3v) is 3.52. The highest BCUT2D eigenvalue weighted by molar-refractivity contribution is 4.99. The lowest BCUT2D eigenvalue weighted by Crippen LogP contribution is -2.54. The van der Waals surface area contributed by atoms with Gasteiger partial charge < -0.3 is 5.73 Å². The molecule has 0 unspecified atom stereocenters. The molecule has 0 saturated heterocycles. The Kier molecular flexibility index (Phi) is 3.58. The molecule has 1 aliphatic carbocycles. The van der Waals surface area contributed by atoms with Crippen LogP contribution in [0.3, 0.4) is 0 Å². The molecular weight excluding hydrogens is 172 g/mol. The summed E-state index contributed by atoms with van der Waals surface area (Å²) in [5, 5.41) is 3.41.